The van der Waals surface area contributed by atoms with Gasteiger partial charge in [0, 0.05) is 25.0 Å². The summed E-state index contributed by atoms with van der Waals surface area (Å²) in [5, 5.41) is 17.8. The Morgan fingerprint density at radius 2 is 2.05 bits per heavy atom. The van der Waals surface area contributed by atoms with Gasteiger partial charge in [-0.25, -0.2) is 4.68 Å². The minimum absolute atomic E-state index is 0.208. The van der Waals surface area contributed by atoms with Crippen LogP contribution in [0.15, 0.2) is 42.7 Å². The van der Waals surface area contributed by atoms with E-state index < -0.39 is 0 Å². The largest absolute Gasteiger partial charge is 0.392 e. The summed E-state index contributed by atoms with van der Waals surface area (Å²) in [7, 11) is 0. The van der Waals surface area contributed by atoms with Crippen molar-refractivity contribution in [3.8, 4) is 5.69 Å². The van der Waals surface area contributed by atoms with E-state index in [0.29, 0.717) is 0 Å². The van der Waals surface area contributed by atoms with E-state index in [4.69, 9.17) is 0 Å². The molecule has 2 aromatic rings. The Kier molecular flexibility index (Phi) is 4.14. The Labute approximate surface area is 119 Å². The Balaban J connectivity index is 1.71. The van der Waals surface area contributed by atoms with Gasteiger partial charge in [-0.3, -0.25) is 0 Å². The summed E-state index contributed by atoms with van der Waals surface area (Å²) in [4.78, 5) is 0. The van der Waals surface area contributed by atoms with Crippen molar-refractivity contribution in [1.29, 1.82) is 0 Å². The van der Waals surface area contributed by atoms with Crippen LogP contribution >= 0.6 is 0 Å². The molecule has 0 saturated heterocycles. The Bertz CT molecular complexity index is 538. The molecule has 1 aromatic carbocycles. The molecule has 4 nitrogen and oxygen atoms in total. The minimum Gasteiger partial charge on any atom is -0.392 e. The Hall–Kier alpha value is -1.65. The molecular formula is C16H21N3O. The summed E-state index contributed by atoms with van der Waals surface area (Å²) in [5.74, 6) is 0. The van der Waals surface area contributed by atoms with Gasteiger partial charge in [0.25, 0.3) is 0 Å². The molecule has 0 aliphatic heterocycles. The molecule has 1 aliphatic rings. The van der Waals surface area contributed by atoms with E-state index in [1.165, 1.54) is 12.0 Å². The number of rotatable bonds is 4. The van der Waals surface area contributed by atoms with Crippen LogP contribution in [0.2, 0.25) is 0 Å². The van der Waals surface area contributed by atoms with Gasteiger partial charge in [-0.15, -0.1) is 0 Å². The van der Waals surface area contributed by atoms with Crippen LogP contribution < -0.4 is 5.32 Å². The van der Waals surface area contributed by atoms with Crippen molar-refractivity contribution in [2.24, 2.45) is 0 Å². The highest BCUT2D eigenvalue weighted by Gasteiger charge is 2.22. The van der Waals surface area contributed by atoms with E-state index >= 15 is 0 Å². The summed E-state index contributed by atoms with van der Waals surface area (Å²) in [6.07, 6.45) is 7.85. The van der Waals surface area contributed by atoms with Crippen molar-refractivity contribution < 1.29 is 5.11 Å². The van der Waals surface area contributed by atoms with Crippen LogP contribution in [0.1, 0.15) is 31.2 Å². The SMILES string of the molecule is O[C@H]1CCCC[C@@H]1NCc1ccccc1-n1cccn1. The minimum atomic E-state index is -0.208. The topological polar surface area (TPSA) is 50.1 Å². The number of hydrogen-bond donors (Lipinski definition) is 2. The number of para-hydroxylation sites is 1. The molecule has 20 heavy (non-hydrogen) atoms. The lowest BCUT2D eigenvalue weighted by molar-refractivity contribution is 0.0902. The predicted molar refractivity (Wildman–Crippen MR) is 78.7 cm³/mol. The summed E-state index contributed by atoms with van der Waals surface area (Å²) < 4.78 is 1.88. The number of benzene rings is 1. The van der Waals surface area contributed by atoms with Crippen molar-refractivity contribution in [2.75, 3.05) is 0 Å². The van der Waals surface area contributed by atoms with Crippen molar-refractivity contribution in [2.45, 2.75) is 44.4 Å². The van der Waals surface area contributed by atoms with Crippen LogP contribution in [0.5, 0.6) is 0 Å². The maximum atomic E-state index is 10.0. The number of aromatic nitrogens is 2. The fraction of sp³-hybridized carbons (Fsp3) is 0.438. The monoisotopic (exact) mass is 271 g/mol. The molecule has 0 bridgehead atoms. The molecule has 1 aromatic heterocycles. The molecule has 1 saturated carbocycles. The molecule has 106 valence electrons. The van der Waals surface area contributed by atoms with E-state index in [-0.39, 0.29) is 12.1 Å². The third kappa shape index (κ3) is 2.92. The van der Waals surface area contributed by atoms with Crippen LogP contribution in [-0.2, 0) is 6.54 Å². The average molecular weight is 271 g/mol. The van der Waals surface area contributed by atoms with Crippen molar-refractivity contribution >= 4 is 0 Å². The van der Waals surface area contributed by atoms with Crippen LogP contribution in [0, 0.1) is 0 Å². The molecular weight excluding hydrogens is 250 g/mol. The van der Waals surface area contributed by atoms with Gasteiger partial charge in [0.1, 0.15) is 0 Å². The van der Waals surface area contributed by atoms with Crippen LogP contribution in [0.4, 0.5) is 0 Å². The van der Waals surface area contributed by atoms with Gasteiger partial charge in [-0.1, -0.05) is 31.0 Å². The number of nitrogens with one attached hydrogen (secondary N) is 1. The average Bonchev–Trinajstić information content (AvgIpc) is 3.01. The second kappa shape index (κ2) is 6.20. The van der Waals surface area contributed by atoms with Gasteiger partial charge < -0.3 is 10.4 Å². The number of hydrogen-bond acceptors (Lipinski definition) is 3. The normalized spacial score (nSPS) is 22.9. The lowest BCUT2D eigenvalue weighted by Crippen LogP contribution is -2.41. The third-order valence-electron chi connectivity index (χ3n) is 4.03. The summed E-state index contributed by atoms with van der Waals surface area (Å²) in [6.45, 7) is 0.762. The van der Waals surface area contributed by atoms with Crippen molar-refractivity contribution in [3.05, 3.63) is 48.3 Å². The van der Waals surface area contributed by atoms with Gasteiger partial charge in [-0.05, 0) is 30.5 Å². The molecule has 0 spiro atoms. The maximum absolute atomic E-state index is 10.0. The van der Waals surface area contributed by atoms with Crippen molar-refractivity contribution in [1.82, 2.24) is 15.1 Å². The second-order valence-electron chi connectivity index (χ2n) is 5.42. The first-order valence-corrected chi connectivity index (χ1v) is 7.34. The van der Waals surface area contributed by atoms with Gasteiger partial charge in [-0.2, -0.15) is 5.10 Å². The first kappa shape index (κ1) is 13.3. The van der Waals surface area contributed by atoms with E-state index in [0.717, 1.165) is 31.5 Å². The van der Waals surface area contributed by atoms with Crippen LogP contribution in [0.25, 0.3) is 5.69 Å². The fourth-order valence-electron chi connectivity index (χ4n) is 2.89. The summed E-state index contributed by atoms with van der Waals surface area (Å²) >= 11 is 0. The smallest absolute Gasteiger partial charge is 0.0693 e. The Morgan fingerprint density at radius 3 is 2.85 bits per heavy atom. The molecule has 1 aliphatic carbocycles. The van der Waals surface area contributed by atoms with E-state index in [1.54, 1.807) is 6.20 Å². The zero-order valence-electron chi connectivity index (χ0n) is 11.6. The lowest BCUT2D eigenvalue weighted by Gasteiger charge is -2.28. The van der Waals surface area contributed by atoms with Crippen LogP contribution in [-0.4, -0.2) is 27.0 Å². The first-order chi connectivity index (χ1) is 9.84. The highest BCUT2D eigenvalue weighted by Crippen LogP contribution is 2.20. The fourth-order valence-corrected chi connectivity index (χ4v) is 2.89. The van der Waals surface area contributed by atoms with Gasteiger partial charge in [0.2, 0.25) is 0 Å². The first-order valence-electron chi connectivity index (χ1n) is 7.34. The quantitative estimate of drug-likeness (QED) is 0.897. The van der Waals surface area contributed by atoms with Gasteiger partial charge >= 0.3 is 0 Å². The maximum Gasteiger partial charge on any atom is 0.0693 e. The highest BCUT2D eigenvalue weighted by atomic mass is 16.3. The number of aliphatic hydroxyl groups is 1. The lowest BCUT2D eigenvalue weighted by atomic mass is 9.92. The molecule has 1 heterocycles. The molecule has 4 heteroatoms. The third-order valence-corrected chi connectivity index (χ3v) is 4.03. The van der Waals surface area contributed by atoms with E-state index in [2.05, 4.69) is 22.5 Å². The van der Waals surface area contributed by atoms with E-state index in [9.17, 15) is 5.11 Å². The molecule has 0 amide bonds. The standard InChI is InChI=1S/C16H21N3O/c20-16-9-4-2-7-14(16)17-12-13-6-1-3-8-15(13)19-11-5-10-18-19/h1,3,5-6,8,10-11,14,16-17,20H,2,4,7,9,12H2/t14-,16-/m0/s1. The number of nitrogens with zero attached hydrogens (tertiary/aromatic N) is 2. The van der Waals surface area contributed by atoms with Crippen molar-refractivity contribution in [3.63, 3.8) is 0 Å². The van der Waals surface area contributed by atoms with Gasteiger partial charge in [0.05, 0.1) is 11.8 Å². The molecule has 0 radical (unpaired) electrons. The van der Waals surface area contributed by atoms with Gasteiger partial charge in [0.15, 0.2) is 0 Å². The zero-order valence-corrected chi connectivity index (χ0v) is 11.6. The molecule has 0 unspecified atom stereocenters. The predicted octanol–water partition coefficient (Wildman–Crippen LogP) is 2.27. The van der Waals surface area contributed by atoms with Crippen LogP contribution in [0.3, 0.4) is 0 Å². The summed E-state index contributed by atoms with van der Waals surface area (Å²) in [5.41, 5.74) is 2.30. The molecule has 2 N–H and O–H groups in total. The molecule has 1 fully saturated rings. The Morgan fingerprint density at radius 1 is 1.20 bits per heavy atom. The number of aliphatic hydroxyl groups excluding tert-OH is 1. The second-order valence-corrected chi connectivity index (χ2v) is 5.42. The zero-order chi connectivity index (χ0) is 13.8. The summed E-state index contributed by atoms with van der Waals surface area (Å²) in [6, 6.07) is 10.4. The highest BCUT2D eigenvalue weighted by molar-refractivity contribution is 5.40. The van der Waals surface area contributed by atoms with E-state index in [1.807, 2.05) is 29.1 Å². The molecule has 3 rings (SSSR count). The molecule has 2 atom stereocenters.